The van der Waals surface area contributed by atoms with Crippen LogP contribution in [0.1, 0.15) is 0 Å². The molecule has 0 atom stereocenters. The Morgan fingerprint density at radius 3 is 1.74 bits per heavy atom. The number of hydrogen-bond acceptors (Lipinski definition) is 0. The molecule has 0 aromatic heterocycles. The standard InChI is InChI=1S/C32H28Si2/c1-33(2)28-13-9-8-12-24(28)25-17-14-22-15-18-26-27-20-23(21-10-6-5-7-11-21)16-19-29(27)34(3,4)32(26)30(22)31(25)33/h5-20H,1-4H3. The molecule has 34 heavy (non-hydrogen) atoms. The van der Waals surface area contributed by atoms with Crippen molar-refractivity contribution in [2.24, 2.45) is 0 Å². The van der Waals surface area contributed by atoms with Crippen LogP contribution in [0.2, 0.25) is 26.2 Å². The van der Waals surface area contributed by atoms with Crippen molar-refractivity contribution in [2.75, 3.05) is 0 Å². The first-order chi connectivity index (χ1) is 16.4. The van der Waals surface area contributed by atoms with Gasteiger partial charge in [0.25, 0.3) is 0 Å². The van der Waals surface area contributed by atoms with E-state index in [0.717, 1.165) is 0 Å². The van der Waals surface area contributed by atoms with Crippen molar-refractivity contribution < 1.29 is 0 Å². The summed E-state index contributed by atoms with van der Waals surface area (Å²) in [5.41, 5.74) is 8.50. The maximum Gasteiger partial charge on any atom is 0.114 e. The van der Waals surface area contributed by atoms with E-state index in [4.69, 9.17) is 0 Å². The van der Waals surface area contributed by atoms with E-state index < -0.39 is 16.1 Å². The second-order valence-corrected chi connectivity index (χ2v) is 19.6. The summed E-state index contributed by atoms with van der Waals surface area (Å²) in [5.74, 6) is 0. The molecule has 0 saturated heterocycles. The quantitative estimate of drug-likeness (QED) is 0.260. The van der Waals surface area contributed by atoms with E-state index in [0.29, 0.717) is 0 Å². The van der Waals surface area contributed by atoms with Gasteiger partial charge in [-0.1, -0.05) is 117 Å². The Bertz CT molecular complexity index is 1640. The molecule has 0 N–H and O–H groups in total. The Kier molecular flexibility index (Phi) is 3.97. The molecule has 2 aliphatic heterocycles. The lowest BCUT2D eigenvalue weighted by atomic mass is 9.95. The molecule has 0 spiro atoms. The van der Waals surface area contributed by atoms with Gasteiger partial charge in [-0.15, -0.1) is 0 Å². The van der Waals surface area contributed by atoms with Gasteiger partial charge < -0.3 is 0 Å². The van der Waals surface area contributed by atoms with Gasteiger partial charge in [-0.3, -0.25) is 0 Å². The first-order valence-corrected chi connectivity index (χ1v) is 18.3. The van der Waals surface area contributed by atoms with E-state index in [9.17, 15) is 0 Å². The number of benzene rings is 5. The summed E-state index contributed by atoms with van der Waals surface area (Å²) in [6.07, 6.45) is 0. The lowest BCUT2D eigenvalue weighted by molar-refractivity contribution is 1.63. The van der Waals surface area contributed by atoms with Crippen LogP contribution in [0.5, 0.6) is 0 Å². The van der Waals surface area contributed by atoms with Crippen LogP contribution in [0.25, 0.3) is 44.2 Å². The highest BCUT2D eigenvalue weighted by Crippen LogP contribution is 2.38. The molecule has 5 aromatic rings. The molecule has 164 valence electrons. The smallest absolute Gasteiger partial charge is 0.0623 e. The fraction of sp³-hybridized carbons (Fsp3) is 0.125. The maximum absolute atomic E-state index is 2.56. The highest BCUT2D eigenvalue weighted by Gasteiger charge is 2.44. The SMILES string of the molecule is C[Si]1(C)c2ccccc2-c2ccc3ccc4c(c3c21)[Si](C)(C)c1ccc(-c2ccccc2)cc1-4. The Morgan fingerprint density at radius 2 is 1.03 bits per heavy atom. The second kappa shape index (κ2) is 6.68. The van der Waals surface area contributed by atoms with Crippen LogP contribution < -0.4 is 20.7 Å². The van der Waals surface area contributed by atoms with Crippen LogP contribution in [-0.4, -0.2) is 16.1 Å². The van der Waals surface area contributed by atoms with Crippen molar-refractivity contribution in [3.63, 3.8) is 0 Å². The third-order valence-electron chi connectivity index (χ3n) is 8.42. The van der Waals surface area contributed by atoms with Crippen LogP contribution in [-0.2, 0) is 0 Å². The number of hydrogen-bond donors (Lipinski definition) is 0. The first kappa shape index (κ1) is 20.2. The Hall–Kier alpha value is -3.21. The van der Waals surface area contributed by atoms with Crippen molar-refractivity contribution in [3.05, 3.63) is 97.1 Å². The molecular weight excluding hydrogens is 441 g/mol. The molecule has 0 saturated carbocycles. The Labute approximate surface area is 203 Å². The molecule has 2 heterocycles. The first-order valence-electron chi connectivity index (χ1n) is 12.3. The van der Waals surface area contributed by atoms with E-state index in [2.05, 4.69) is 123 Å². The van der Waals surface area contributed by atoms with Gasteiger partial charge in [0, 0.05) is 0 Å². The van der Waals surface area contributed by atoms with E-state index in [1.54, 1.807) is 26.1 Å². The Balaban J connectivity index is 1.56. The number of fused-ring (bicyclic) bond motifs is 9. The molecule has 0 bridgehead atoms. The largest absolute Gasteiger partial charge is 0.114 e. The van der Waals surface area contributed by atoms with Crippen LogP contribution in [0.3, 0.4) is 0 Å². The molecule has 0 amide bonds. The third kappa shape index (κ3) is 2.48. The van der Waals surface area contributed by atoms with E-state index in [1.807, 2.05) is 0 Å². The minimum absolute atomic E-state index is 1.30. The molecule has 0 radical (unpaired) electrons. The van der Waals surface area contributed by atoms with E-state index in [-0.39, 0.29) is 0 Å². The lowest BCUT2D eigenvalue weighted by Gasteiger charge is -2.26. The minimum atomic E-state index is -1.86. The summed E-state index contributed by atoms with van der Waals surface area (Å²) in [6, 6.07) is 36.8. The molecule has 7 rings (SSSR count). The highest BCUT2D eigenvalue weighted by molar-refractivity contribution is 7.08. The van der Waals surface area contributed by atoms with Gasteiger partial charge in [-0.2, -0.15) is 0 Å². The van der Waals surface area contributed by atoms with Crippen molar-refractivity contribution >= 4 is 47.7 Å². The minimum Gasteiger partial charge on any atom is -0.0623 e. The van der Waals surface area contributed by atoms with Gasteiger partial charge >= 0.3 is 0 Å². The van der Waals surface area contributed by atoms with Crippen molar-refractivity contribution in [1.29, 1.82) is 0 Å². The monoisotopic (exact) mass is 468 g/mol. The molecule has 2 aliphatic rings. The molecule has 0 aliphatic carbocycles. The lowest BCUT2D eigenvalue weighted by Crippen LogP contribution is -2.54. The van der Waals surface area contributed by atoms with Gasteiger partial charge in [0.05, 0.1) is 0 Å². The summed E-state index contributed by atoms with van der Waals surface area (Å²) < 4.78 is 0. The summed E-state index contributed by atoms with van der Waals surface area (Å²) in [7, 11) is -3.65. The molecule has 5 aromatic carbocycles. The van der Waals surface area contributed by atoms with Crippen molar-refractivity contribution in [2.45, 2.75) is 26.2 Å². The molecule has 0 fully saturated rings. The summed E-state index contributed by atoms with van der Waals surface area (Å²) in [5, 5.41) is 9.51. The maximum atomic E-state index is 2.56. The molecular formula is C32H28Si2. The zero-order valence-electron chi connectivity index (χ0n) is 20.2. The Morgan fingerprint density at radius 1 is 0.441 bits per heavy atom. The van der Waals surface area contributed by atoms with Crippen LogP contribution in [0.15, 0.2) is 97.1 Å². The average molecular weight is 469 g/mol. The van der Waals surface area contributed by atoms with Crippen molar-refractivity contribution in [3.8, 4) is 33.4 Å². The van der Waals surface area contributed by atoms with E-state index in [1.165, 1.54) is 38.8 Å². The van der Waals surface area contributed by atoms with Gasteiger partial charge in [0.1, 0.15) is 16.1 Å². The molecule has 0 nitrogen and oxygen atoms in total. The summed E-state index contributed by atoms with van der Waals surface area (Å²) in [4.78, 5) is 0. The van der Waals surface area contributed by atoms with Crippen LogP contribution in [0.4, 0.5) is 0 Å². The van der Waals surface area contributed by atoms with Gasteiger partial charge in [0.15, 0.2) is 0 Å². The van der Waals surface area contributed by atoms with Crippen LogP contribution in [0, 0.1) is 0 Å². The summed E-state index contributed by atoms with van der Waals surface area (Å²) >= 11 is 0. The topological polar surface area (TPSA) is 0 Å². The predicted octanol–water partition coefficient (Wildman–Crippen LogP) is 6.11. The zero-order chi connectivity index (χ0) is 23.2. The molecule has 0 unspecified atom stereocenters. The van der Waals surface area contributed by atoms with Gasteiger partial charge in [-0.25, -0.2) is 0 Å². The van der Waals surface area contributed by atoms with Gasteiger partial charge in [-0.05, 0) is 71.0 Å². The second-order valence-electron chi connectivity index (χ2n) is 11.0. The zero-order valence-corrected chi connectivity index (χ0v) is 22.2. The van der Waals surface area contributed by atoms with Gasteiger partial charge in [0.2, 0.25) is 0 Å². The summed E-state index contributed by atoms with van der Waals surface area (Å²) in [6.45, 7) is 10.2. The van der Waals surface area contributed by atoms with E-state index >= 15 is 0 Å². The molecule has 2 heteroatoms. The number of rotatable bonds is 1. The fourth-order valence-corrected chi connectivity index (χ4v) is 13.8. The fourth-order valence-electron chi connectivity index (χ4n) is 6.82. The van der Waals surface area contributed by atoms with Crippen molar-refractivity contribution in [1.82, 2.24) is 0 Å². The highest BCUT2D eigenvalue weighted by atomic mass is 28.3. The van der Waals surface area contributed by atoms with Crippen LogP contribution >= 0.6 is 0 Å². The average Bonchev–Trinajstić information content (AvgIpc) is 3.24. The normalized spacial score (nSPS) is 16.1. The third-order valence-corrected chi connectivity index (χ3v) is 15.5. The predicted molar refractivity (Wildman–Crippen MR) is 154 cm³/mol.